The summed E-state index contributed by atoms with van der Waals surface area (Å²) in [5, 5.41) is 2.67. The van der Waals surface area contributed by atoms with Crippen molar-refractivity contribution in [2.45, 2.75) is 32.9 Å². The average molecular weight is 339 g/mol. The maximum Gasteiger partial charge on any atom is 0.243 e. The van der Waals surface area contributed by atoms with Crippen LogP contribution in [0, 0.1) is 5.92 Å². The smallest absolute Gasteiger partial charge is 0.243 e. The number of rotatable bonds is 4. The molecule has 1 N–H and O–H groups in total. The summed E-state index contributed by atoms with van der Waals surface area (Å²) in [6.45, 7) is 4.70. The first-order chi connectivity index (χ1) is 9.47. The Labute approximate surface area is 127 Å². The van der Waals surface area contributed by atoms with Crippen molar-refractivity contribution in [3.63, 3.8) is 0 Å². The van der Waals surface area contributed by atoms with Crippen molar-refractivity contribution in [2.24, 2.45) is 5.92 Å². The van der Waals surface area contributed by atoms with Crippen molar-refractivity contribution in [1.29, 1.82) is 0 Å². The fourth-order valence-electron chi connectivity index (χ4n) is 2.36. The summed E-state index contributed by atoms with van der Waals surface area (Å²) < 4.78 is 1.00. The van der Waals surface area contributed by atoms with Crippen LogP contribution < -0.4 is 5.32 Å². The summed E-state index contributed by atoms with van der Waals surface area (Å²) in [5.74, 6) is 0.303. The van der Waals surface area contributed by atoms with Gasteiger partial charge in [-0.2, -0.15) is 0 Å². The predicted octanol–water partition coefficient (Wildman–Crippen LogP) is 2.32. The molecule has 2 amide bonds. The molecule has 1 atom stereocenters. The van der Waals surface area contributed by atoms with Gasteiger partial charge in [-0.1, -0.05) is 41.9 Å². The summed E-state index contributed by atoms with van der Waals surface area (Å²) >= 11 is 3.39. The topological polar surface area (TPSA) is 49.4 Å². The number of halogens is 1. The van der Waals surface area contributed by atoms with E-state index in [1.807, 2.05) is 24.3 Å². The van der Waals surface area contributed by atoms with Gasteiger partial charge in [-0.15, -0.1) is 0 Å². The Morgan fingerprint density at radius 2 is 1.95 bits per heavy atom. The third kappa shape index (κ3) is 3.60. The maximum atomic E-state index is 12.1. The van der Waals surface area contributed by atoms with Crippen molar-refractivity contribution in [2.75, 3.05) is 6.54 Å². The Bertz CT molecular complexity index is 499. The molecule has 1 aromatic carbocycles. The van der Waals surface area contributed by atoms with Gasteiger partial charge in [0.1, 0.15) is 6.04 Å². The lowest BCUT2D eigenvalue weighted by Gasteiger charge is -2.36. The third-order valence-corrected chi connectivity index (χ3v) is 3.90. The summed E-state index contributed by atoms with van der Waals surface area (Å²) in [5.41, 5.74) is 1.03. The fraction of sp³-hybridized carbons (Fsp3) is 0.467. The number of hydrogen-bond donors (Lipinski definition) is 1. The molecule has 1 aliphatic rings. The quantitative estimate of drug-likeness (QED) is 0.915. The van der Waals surface area contributed by atoms with E-state index in [1.165, 1.54) is 0 Å². The van der Waals surface area contributed by atoms with Crippen LogP contribution in [0.15, 0.2) is 28.7 Å². The van der Waals surface area contributed by atoms with Gasteiger partial charge in [0.05, 0.1) is 6.54 Å². The summed E-state index contributed by atoms with van der Waals surface area (Å²) in [7, 11) is 0. The second-order valence-corrected chi connectivity index (χ2v) is 6.43. The van der Waals surface area contributed by atoms with Gasteiger partial charge in [-0.3, -0.25) is 9.59 Å². The molecule has 0 aromatic heterocycles. The Kier molecular flexibility index (Phi) is 4.81. The summed E-state index contributed by atoms with van der Waals surface area (Å²) in [4.78, 5) is 25.8. The van der Waals surface area contributed by atoms with Gasteiger partial charge >= 0.3 is 0 Å². The molecule has 1 heterocycles. The van der Waals surface area contributed by atoms with Gasteiger partial charge in [0.25, 0.3) is 0 Å². The summed E-state index contributed by atoms with van der Waals surface area (Å²) in [6.07, 6.45) is 0.689. The standard InChI is InChI=1S/C15H19BrN2O2/c1-10(2)7-13-15(20)17-8-14(19)18(13)9-11-3-5-12(16)6-4-11/h3-6,10,13H,7-9H2,1-2H3,(H,17,20). The van der Waals surface area contributed by atoms with Crippen LogP contribution in [0.1, 0.15) is 25.8 Å². The van der Waals surface area contributed by atoms with Crippen LogP contribution >= 0.6 is 15.9 Å². The van der Waals surface area contributed by atoms with Gasteiger partial charge in [0.2, 0.25) is 11.8 Å². The molecule has 4 nitrogen and oxygen atoms in total. The van der Waals surface area contributed by atoms with Gasteiger partial charge in [0, 0.05) is 11.0 Å². The highest BCUT2D eigenvalue weighted by molar-refractivity contribution is 9.10. The van der Waals surface area contributed by atoms with Crippen LogP contribution in [0.2, 0.25) is 0 Å². The molecule has 0 bridgehead atoms. The van der Waals surface area contributed by atoms with Crippen LogP contribution in [0.3, 0.4) is 0 Å². The first-order valence-electron chi connectivity index (χ1n) is 6.79. The van der Waals surface area contributed by atoms with Gasteiger partial charge in [-0.05, 0) is 30.0 Å². The number of benzene rings is 1. The van der Waals surface area contributed by atoms with Crippen molar-refractivity contribution in [3.05, 3.63) is 34.3 Å². The van der Waals surface area contributed by atoms with Crippen molar-refractivity contribution < 1.29 is 9.59 Å². The number of nitrogens with zero attached hydrogens (tertiary/aromatic N) is 1. The molecule has 0 spiro atoms. The molecule has 1 aliphatic heterocycles. The molecule has 0 aliphatic carbocycles. The lowest BCUT2D eigenvalue weighted by Crippen LogP contribution is -2.58. The van der Waals surface area contributed by atoms with Crippen molar-refractivity contribution in [1.82, 2.24) is 10.2 Å². The lowest BCUT2D eigenvalue weighted by molar-refractivity contribution is -0.146. The number of carbonyl (C=O) groups is 2. The van der Waals surface area contributed by atoms with E-state index in [9.17, 15) is 9.59 Å². The molecule has 0 saturated carbocycles. The van der Waals surface area contributed by atoms with E-state index >= 15 is 0 Å². The number of carbonyl (C=O) groups excluding carboxylic acids is 2. The minimum Gasteiger partial charge on any atom is -0.345 e. The first-order valence-corrected chi connectivity index (χ1v) is 7.58. The minimum absolute atomic E-state index is 0.0156. The largest absolute Gasteiger partial charge is 0.345 e. The molecule has 108 valence electrons. The molecular weight excluding hydrogens is 320 g/mol. The van der Waals surface area contributed by atoms with E-state index in [0.717, 1.165) is 10.0 Å². The second-order valence-electron chi connectivity index (χ2n) is 5.51. The fourth-order valence-corrected chi connectivity index (χ4v) is 2.63. The minimum atomic E-state index is -0.361. The zero-order chi connectivity index (χ0) is 14.7. The number of nitrogens with one attached hydrogen (secondary N) is 1. The van der Waals surface area contributed by atoms with Crippen LogP contribution in [-0.4, -0.2) is 29.3 Å². The molecular formula is C15H19BrN2O2. The maximum absolute atomic E-state index is 12.1. The van der Waals surface area contributed by atoms with Crippen LogP contribution in [0.5, 0.6) is 0 Å². The predicted molar refractivity (Wildman–Crippen MR) is 80.9 cm³/mol. The second kappa shape index (κ2) is 6.39. The zero-order valence-electron chi connectivity index (χ0n) is 11.7. The van der Waals surface area contributed by atoms with Crippen LogP contribution in [0.4, 0.5) is 0 Å². The van der Waals surface area contributed by atoms with Crippen LogP contribution in [-0.2, 0) is 16.1 Å². The van der Waals surface area contributed by atoms with Crippen molar-refractivity contribution in [3.8, 4) is 0 Å². The molecule has 5 heteroatoms. The third-order valence-electron chi connectivity index (χ3n) is 3.37. The molecule has 1 aromatic rings. The molecule has 20 heavy (non-hydrogen) atoms. The highest BCUT2D eigenvalue weighted by Crippen LogP contribution is 2.19. The molecule has 1 unspecified atom stereocenters. The van der Waals surface area contributed by atoms with Gasteiger partial charge in [-0.25, -0.2) is 0 Å². The number of hydrogen-bond acceptors (Lipinski definition) is 2. The number of amides is 2. The normalized spacial score (nSPS) is 19.4. The van der Waals surface area contributed by atoms with E-state index in [2.05, 4.69) is 35.1 Å². The van der Waals surface area contributed by atoms with Gasteiger partial charge < -0.3 is 10.2 Å². The molecule has 0 radical (unpaired) electrons. The lowest BCUT2D eigenvalue weighted by atomic mass is 9.99. The Balaban J connectivity index is 2.17. The highest BCUT2D eigenvalue weighted by Gasteiger charge is 2.34. The molecule has 1 fully saturated rings. The zero-order valence-corrected chi connectivity index (χ0v) is 13.3. The first kappa shape index (κ1) is 15.0. The molecule has 2 rings (SSSR count). The van der Waals surface area contributed by atoms with E-state index in [4.69, 9.17) is 0 Å². The molecule has 1 saturated heterocycles. The monoisotopic (exact) mass is 338 g/mol. The Morgan fingerprint density at radius 1 is 1.30 bits per heavy atom. The van der Waals surface area contributed by atoms with E-state index in [0.29, 0.717) is 18.9 Å². The average Bonchev–Trinajstić information content (AvgIpc) is 2.40. The highest BCUT2D eigenvalue weighted by atomic mass is 79.9. The SMILES string of the molecule is CC(C)CC1C(=O)NCC(=O)N1Cc1ccc(Br)cc1. The van der Waals surface area contributed by atoms with Crippen molar-refractivity contribution >= 4 is 27.7 Å². The van der Waals surface area contributed by atoms with Crippen LogP contribution in [0.25, 0.3) is 0 Å². The Hall–Kier alpha value is -1.36. The van der Waals surface area contributed by atoms with E-state index < -0.39 is 0 Å². The summed E-state index contributed by atoms with van der Waals surface area (Å²) in [6, 6.07) is 7.47. The van der Waals surface area contributed by atoms with E-state index in [1.54, 1.807) is 4.90 Å². The van der Waals surface area contributed by atoms with Gasteiger partial charge in [0.15, 0.2) is 0 Å². The van der Waals surface area contributed by atoms with E-state index in [-0.39, 0.29) is 24.4 Å². The Morgan fingerprint density at radius 3 is 2.55 bits per heavy atom. The number of piperazine rings is 1.